The van der Waals surface area contributed by atoms with Gasteiger partial charge in [0.1, 0.15) is 0 Å². The Hall–Kier alpha value is -0.280. The van der Waals surface area contributed by atoms with Gasteiger partial charge in [-0.25, -0.2) is 0 Å². The zero-order chi connectivity index (χ0) is 10.5. The molecule has 0 radical (unpaired) electrons. The normalized spacial score (nSPS) is 21.4. The third kappa shape index (κ3) is 3.63. The second-order valence-corrected chi connectivity index (χ2v) is 4.15. The SMILES string of the molecule is Cl.ClCC1COCCN1Cc1ccccc1. The first kappa shape index (κ1) is 13.8. The van der Waals surface area contributed by atoms with Crippen molar-refractivity contribution in [1.82, 2.24) is 4.90 Å². The number of hydrogen-bond donors (Lipinski definition) is 0. The second-order valence-electron chi connectivity index (χ2n) is 3.84. The lowest BCUT2D eigenvalue weighted by atomic mass is 10.1. The summed E-state index contributed by atoms with van der Waals surface area (Å²) in [5.74, 6) is 0.646. The smallest absolute Gasteiger partial charge is 0.0634 e. The van der Waals surface area contributed by atoms with Gasteiger partial charge in [-0.15, -0.1) is 24.0 Å². The van der Waals surface area contributed by atoms with Crippen LogP contribution in [0.2, 0.25) is 0 Å². The summed E-state index contributed by atoms with van der Waals surface area (Å²) in [6.07, 6.45) is 0. The maximum atomic E-state index is 5.92. The summed E-state index contributed by atoms with van der Waals surface area (Å²) in [6.45, 7) is 3.53. The Morgan fingerprint density at radius 1 is 1.31 bits per heavy atom. The Morgan fingerprint density at radius 2 is 2.06 bits per heavy atom. The summed E-state index contributed by atoms with van der Waals surface area (Å²) in [6, 6.07) is 10.9. The predicted molar refractivity (Wildman–Crippen MR) is 69.4 cm³/mol. The molecule has 0 saturated carbocycles. The highest BCUT2D eigenvalue weighted by Gasteiger charge is 2.21. The van der Waals surface area contributed by atoms with Gasteiger partial charge in [-0.05, 0) is 5.56 Å². The van der Waals surface area contributed by atoms with Gasteiger partial charge in [0, 0.05) is 25.0 Å². The van der Waals surface area contributed by atoms with Crippen molar-refractivity contribution in [1.29, 1.82) is 0 Å². The van der Waals surface area contributed by atoms with Gasteiger partial charge >= 0.3 is 0 Å². The van der Waals surface area contributed by atoms with Crippen LogP contribution in [0.15, 0.2) is 30.3 Å². The summed E-state index contributed by atoms with van der Waals surface area (Å²) in [5, 5.41) is 0. The van der Waals surface area contributed by atoms with Gasteiger partial charge in [0.05, 0.1) is 13.2 Å². The second kappa shape index (κ2) is 7.13. The van der Waals surface area contributed by atoms with E-state index in [0.717, 1.165) is 26.3 Å². The van der Waals surface area contributed by atoms with Crippen molar-refractivity contribution < 1.29 is 4.74 Å². The van der Waals surface area contributed by atoms with Crippen LogP contribution < -0.4 is 0 Å². The number of alkyl halides is 1. The lowest BCUT2D eigenvalue weighted by molar-refractivity contribution is -0.00303. The molecule has 4 heteroatoms. The lowest BCUT2D eigenvalue weighted by Gasteiger charge is -2.34. The number of morpholine rings is 1. The molecular weight excluding hydrogens is 245 g/mol. The maximum absolute atomic E-state index is 5.92. The first-order valence-electron chi connectivity index (χ1n) is 5.32. The van der Waals surface area contributed by atoms with Crippen LogP contribution in [0.4, 0.5) is 0 Å². The Bertz CT molecular complexity index is 294. The average molecular weight is 262 g/mol. The maximum Gasteiger partial charge on any atom is 0.0634 e. The predicted octanol–water partition coefficient (Wildman–Crippen LogP) is 2.55. The minimum atomic E-state index is 0. The van der Waals surface area contributed by atoms with Crippen molar-refractivity contribution in [3.05, 3.63) is 35.9 Å². The molecule has 2 rings (SSSR count). The fraction of sp³-hybridized carbons (Fsp3) is 0.500. The number of rotatable bonds is 3. The fourth-order valence-corrected chi connectivity index (χ4v) is 2.14. The Kier molecular flexibility index (Phi) is 6.14. The molecule has 1 aromatic carbocycles. The van der Waals surface area contributed by atoms with E-state index in [4.69, 9.17) is 16.3 Å². The molecule has 0 bridgehead atoms. The molecule has 90 valence electrons. The minimum Gasteiger partial charge on any atom is -0.378 e. The summed E-state index contributed by atoms with van der Waals surface area (Å²) in [5.41, 5.74) is 1.34. The molecule has 0 aliphatic carbocycles. The zero-order valence-electron chi connectivity index (χ0n) is 9.14. The molecule has 0 aromatic heterocycles. The molecule has 1 saturated heterocycles. The van der Waals surface area contributed by atoms with Crippen molar-refractivity contribution in [3.8, 4) is 0 Å². The highest BCUT2D eigenvalue weighted by Crippen LogP contribution is 2.13. The van der Waals surface area contributed by atoms with Gasteiger partial charge in [0.25, 0.3) is 0 Å². The van der Waals surface area contributed by atoms with Crippen LogP contribution in [0.3, 0.4) is 0 Å². The number of halogens is 2. The van der Waals surface area contributed by atoms with Crippen LogP contribution >= 0.6 is 24.0 Å². The molecule has 1 atom stereocenters. The molecule has 16 heavy (non-hydrogen) atoms. The van der Waals surface area contributed by atoms with Crippen molar-refractivity contribution >= 4 is 24.0 Å². The summed E-state index contributed by atoms with van der Waals surface area (Å²) in [7, 11) is 0. The van der Waals surface area contributed by atoms with Crippen molar-refractivity contribution in [2.75, 3.05) is 25.6 Å². The van der Waals surface area contributed by atoms with Crippen molar-refractivity contribution in [2.45, 2.75) is 12.6 Å². The van der Waals surface area contributed by atoms with Crippen LogP contribution in [0.25, 0.3) is 0 Å². The van der Waals surface area contributed by atoms with E-state index < -0.39 is 0 Å². The van der Waals surface area contributed by atoms with Gasteiger partial charge in [-0.1, -0.05) is 30.3 Å². The summed E-state index contributed by atoms with van der Waals surface area (Å²) in [4.78, 5) is 2.39. The van der Waals surface area contributed by atoms with Crippen LogP contribution in [-0.2, 0) is 11.3 Å². The number of hydrogen-bond acceptors (Lipinski definition) is 2. The lowest BCUT2D eigenvalue weighted by Crippen LogP contribution is -2.45. The van der Waals surface area contributed by atoms with E-state index in [1.54, 1.807) is 0 Å². The van der Waals surface area contributed by atoms with Crippen LogP contribution in [0.5, 0.6) is 0 Å². The number of ether oxygens (including phenoxy) is 1. The van der Waals surface area contributed by atoms with Gasteiger partial charge in [-0.3, -0.25) is 4.90 Å². The van der Waals surface area contributed by atoms with Crippen molar-refractivity contribution in [3.63, 3.8) is 0 Å². The number of benzene rings is 1. The fourth-order valence-electron chi connectivity index (χ4n) is 1.86. The van der Waals surface area contributed by atoms with Gasteiger partial charge < -0.3 is 4.74 Å². The molecule has 1 unspecified atom stereocenters. The number of nitrogens with zero attached hydrogens (tertiary/aromatic N) is 1. The molecule has 1 aliphatic rings. The van der Waals surface area contributed by atoms with E-state index in [0.29, 0.717) is 11.9 Å². The zero-order valence-corrected chi connectivity index (χ0v) is 10.7. The molecule has 0 spiro atoms. The molecule has 1 fully saturated rings. The van der Waals surface area contributed by atoms with Crippen molar-refractivity contribution in [2.24, 2.45) is 0 Å². The largest absolute Gasteiger partial charge is 0.378 e. The molecule has 1 aliphatic heterocycles. The first-order chi connectivity index (χ1) is 7.40. The molecule has 0 N–H and O–H groups in total. The standard InChI is InChI=1S/C12H16ClNO.ClH/c13-8-12-10-15-7-6-14(12)9-11-4-2-1-3-5-11;/h1-5,12H,6-10H2;1H. The first-order valence-corrected chi connectivity index (χ1v) is 5.85. The van der Waals surface area contributed by atoms with E-state index >= 15 is 0 Å². The molecule has 1 aromatic rings. The minimum absolute atomic E-state index is 0. The third-order valence-corrected chi connectivity index (χ3v) is 3.11. The van der Waals surface area contributed by atoms with Crippen LogP contribution in [-0.4, -0.2) is 36.6 Å². The van der Waals surface area contributed by atoms with E-state index in [1.165, 1.54) is 5.56 Å². The van der Waals surface area contributed by atoms with Crippen LogP contribution in [0.1, 0.15) is 5.56 Å². The average Bonchev–Trinajstić information content (AvgIpc) is 2.31. The van der Waals surface area contributed by atoms with Gasteiger partial charge in [-0.2, -0.15) is 0 Å². The Labute approximate surface area is 108 Å². The molecule has 0 amide bonds. The van der Waals surface area contributed by atoms with E-state index in [1.807, 2.05) is 6.07 Å². The van der Waals surface area contributed by atoms with Crippen LogP contribution in [0, 0.1) is 0 Å². The third-order valence-electron chi connectivity index (χ3n) is 2.76. The summed E-state index contributed by atoms with van der Waals surface area (Å²) < 4.78 is 5.41. The summed E-state index contributed by atoms with van der Waals surface area (Å²) >= 11 is 5.92. The molecular formula is C12H17Cl2NO. The molecule has 2 nitrogen and oxygen atoms in total. The topological polar surface area (TPSA) is 12.5 Å². The quantitative estimate of drug-likeness (QED) is 0.776. The highest BCUT2D eigenvalue weighted by atomic mass is 35.5. The molecule has 1 heterocycles. The van der Waals surface area contributed by atoms with E-state index in [2.05, 4.69) is 29.2 Å². The Balaban J connectivity index is 0.00000128. The Morgan fingerprint density at radius 3 is 2.75 bits per heavy atom. The van der Waals surface area contributed by atoms with Gasteiger partial charge in [0.15, 0.2) is 0 Å². The highest BCUT2D eigenvalue weighted by molar-refractivity contribution is 6.18. The van der Waals surface area contributed by atoms with Gasteiger partial charge in [0.2, 0.25) is 0 Å². The monoisotopic (exact) mass is 261 g/mol. The van der Waals surface area contributed by atoms with E-state index in [-0.39, 0.29) is 12.4 Å². The van der Waals surface area contributed by atoms with E-state index in [9.17, 15) is 0 Å².